The molecule has 2 rings (SSSR count). The Balaban J connectivity index is 2.33. The highest BCUT2D eigenvalue weighted by Gasteiger charge is 2.39. The summed E-state index contributed by atoms with van der Waals surface area (Å²) < 4.78 is 2.17. The molecule has 1 aromatic heterocycles. The molecule has 0 spiro atoms. The number of nitrogens with zero attached hydrogens (tertiary/aromatic N) is 3. The second-order valence-corrected chi connectivity index (χ2v) is 7.28. The van der Waals surface area contributed by atoms with Crippen LogP contribution >= 0.6 is 11.8 Å². The van der Waals surface area contributed by atoms with E-state index in [2.05, 4.69) is 35.5 Å². The number of carboxylic acids is 1. The third-order valence-corrected chi connectivity index (χ3v) is 5.25. The van der Waals surface area contributed by atoms with E-state index in [-0.39, 0.29) is 11.2 Å². The molecule has 1 N–H and O–H groups in total. The molecule has 0 amide bonds. The quantitative estimate of drug-likeness (QED) is 0.782. The van der Waals surface area contributed by atoms with E-state index in [0.717, 1.165) is 23.9 Å². The first kappa shape index (κ1) is 16.3. The molecule has 0 aliphatic heterocycles. The van der Waals surface area contributed by atoms with Crippen LogP contribution in [0.3, 0.4) is 0 Å². The number of rotatable bonds is 7. The molecule has 21 heavy (non-hydrogen) atoms. The summed E-state index contributed by atoms with van der Waals surface area (Å²) in [7, 11) is 0. The van der Waals surface area contributed by atoms with E-state index in [1.807, 2.05) is 0 Å². The molecule has 1 heterocycles. The molecule has 0 aromatic carbocycles. The second-order valence-electron chi connectivity index (χ2n) is 6.33. The van der Waals surface area contributed by atoms with Crippen LogP contribution < -0.4 is 0 Å². The number of thioether (sulfide) groups is 1. The summed E-state index contributed by atoms with van der Waals surface area (Å²) in [5.41, 5.74) is 0.143. The Morgan fingerprint density at radius 3 is 2.57 bits per heavy atom. The first-order valence-corrected chi connectivity index (χ1v) is 8.75. The van der Waals surface area contributed by atoms with Crippen LogP contribution in [0.15, 0.2) is 5.16 Å². The maximum absolute atomic E-state index is 10.8. The topological polar surface area (TPSA) is 68.0 Å². The first-order chi connectivity index (χ1) is 9.98. The summed E-state index contributed by atoms with van der Waals surface area (Å²) in [5.74, 6) is 0.782. The number of carbonyl (C=O) groups is 1. The fourth-order valence-corrected chi connectivity index (χ4v) is 3.90. The van der Waals surface area contributed by atoms with Crippen LogP contribution in [0.2, 0.25) is 0 Å². The van der Waals surface area contributed by atoms with Gasteiger partial charge in [-0.3, -0.25) is 4.79 Å². The predicted molar refractivity (Wildman–Crippen MR) is 83.7 cm³/mol. The number of aliphatic carboxylic acids is 1. The van der Waals surface area contributed by atoms with E-state index >= 15 is 0 Å². The van der Waals surface area contributed by atoms with Crippen molar-refractivity contribution in [2.45, 2.75) is 70.0 Å². The lowest BCUT2D eigenvalue weighted by molar-refractivity contribution is -0.133. The average Bonchev–Trinajstić information content (AvgIpc) is 3.03. The van der Waals surface area contributed by atoms with E-state index < -0.39 is 5.97 Å². The van der Waals surface area contributed by atoms with Gasteiger partial charge in [0, 0.05) is 12.0 Å². The average molecular weight is 311 g/mol. The van der Waals surface area contributed by atoms with Gasteiger partial charge in [-0.15, -0.1) is 10.2 Å². The Morgan fingerprint density at radius 1 is 1.38 bits per heavy atom. The summed E-state index contributed by atoms with van der Waals surface area (Å²) in [6, 6.07) is 0. The molecular formula is C15H25N3O2S. The minimum atomic E-state index is -0.813. The zero-order chi connectivity index (χ0) is 15.5. The molecule has 6 heteroatoms. The Labute approximate surface area is 130 Å². The molecule has 0 bridgehead atoms. The third-order valence-electron chi connectivity index (χ3n) is 4.30. The van der Waals surface area contributed by atoms with Crippen molar-refractivity contribution in [2.24, 2.45) is 5.92 Å². The van der Waals surface area contributed by atoms with E-state index in [4.69, 9.17) is 5.11 Å². The summed E-state index contributed by atoms with van der Waals surface area (Å²) in [6.45, 7) is 7.42. The largest absolute Gasteiger partial charge is 0.481 e. The van der Waals surface area contributed by atoms with E-state index in [1.165, 1.54) is 37.4 Å². The van der Waals surface area contributed by atoms with Crippen molar-refractivity contribution in [3.05, 3.63) is 5.82 Å². The van der Waals surface area contributed by atoms with Gasteiger partial charge in [0.25, 0.3) is 0 Å². The lowest BCUT2D eigenvalue weighted by atomic mass is 9.82. The molecule has 0 unspecified atom stereocenters. The normalized spacial score (nSPS) is 17.5. The van der Waals surface area contributed by atoms with Gasteiger partial charge < -0.3 is 9.67 Å². The minimum absolute atomic E-state index is 0.0371. The Morgan fingerprint density at radius 2 is 2.05 bits per heavy atom. The molecule has 118 valence electrons. The van der Waals surface area contributed by atoms with Crippen LogP contribution in [0.1, 0.15) is 58.7 Å². The number of aromatic nitrogens is 3. The Hall–Kier alpha value is -1.04. The van der Waals surface area contributed by atoms with Crippen molar-refractivity contribution in [2.75, 3.05) is 5.75 Å². The molecule has 1 aromatic rings. The Kier molecular flexibility index (Phi) is 5.30. The highest BCUT2D eigenvalue weighted by molar-refractivity contribution is 7.99. The van der Waals surface area contributed by atoms with Gasteiger partial charge in [-0.25, -0.2) is 0 Å². The summed E-state index contributed by atoms with van der Waals surface area (Å²) in [4.78, 5) is 10.8. The molecule has 1 saturated carbocycles. The van der Waals surface area contributed by atoms with Gasteiger partial charge in [0.1, 0.15) is 5.82 Å². The molecule has 0 atom stereocenters. The SMILES string of the molecule is CCC1(c2nnc(SCC(=O)O)n2CC(C)C)CCCC1. The lowest BCUT2D eigenvalue weighted by Gasteiger charge is -2.27. The smallest absolute Gasteiger partial charge is 0.313 e. The molecule has 0 saturated heterocycles. The number of hydrogen-bond acceptors (Lipinski definition) is 4. The molecule has 5 nitrogen and oxygen atoms in total. The van der Waals surface area contributed by atoms with Gasteiger partial charge in [-0.1, -0.05) is 45.4 Å². The maximum atomic E-state index is 10.8. The number of carboxylic acid groups (broad SMARTS) is 1. The van der Waals surface area contributed by atoms with Crippen LogP contribution in [0.5, 0.6) is 0 Å². The molecule has 1 fully saturated rings. The van der Waals surface area contributed by atoms with Crippen LogP contribution in [-0.2, 0) is 16.8 Å². The van der Waals surface area contributed by atoms with Crippen LogP contribution in [0.4, 0.5) is 0 Å². The second kappa shape index (κ2) is 6.81. The fraction of sp³-hybridized carbons (Fsp3) is 0.800. The van der Waals surface area contributed by atoms with Gasteiger partial charge in [0.05, 0.1) is 5.75 Å². The van der Waals surface area contributed by atoms with Crippen molar-refractivity contribution < 1.29 is 9.90 Å². The molecule has 0 radical (unpaired) electrons. The zero-order valence-corrected chi connectivity index (χ0v) is 13.9. The summed E-state index contributed by atoms with van der Waals surface area (Å²) >= 11 is 1.28. The molecule has 1 aliphatic carbocycles. The lowest BCUT2D eigenvalue weighted by Crippen LogP contribution is -2.27. The summed E-state index contributed by atoms with van der Waals surface area (Å²) in [5, 5.41) is 18.4. The zero-order valence-electron chi connectivity index (χ0n) is 13.1. The highest BCUT2D eigenvalue weighted by Crippen LogP contribution is 2.43. The Bertz CT molecular complexity index is 493. The van der Waals surface area contributed by atoms with Crippen molar-refractivity contribution in [1.82, 2.24) is 14.8 Å². The molecule has 1 aliphatic rings. The summed E-state index contributed by atoms with van der Waals surface area (Å²) in [6.07, 6.45) is 5.92. The third kappa shape index (κ3) is 3.59. The van der Waals surface area contributed by atoms with Crippen molar-refractivity contribution >= 4 is 17.7 Å². The van der Waals surface area contributed by atoms with E-state index in [1.54, 1.807) is 0 Å². The van der Waals surface area contributed by atoms with Gasteiger partial charge in [0.2, 0.25) is 0 Å². The van der Waals surface area contributed by atoms with Crippen LogP contribution in [0, 0.1) is 5.92 Å². The maximum Gasteiger partial charge on any atom is 0.313 e. The predicted octanol–water partition coefficient (Wildman–Crippen LogP) is 3.33. The number of hydrogen-bond donors (Lipinski definition) is 1. The van der Waals surface area contributed by atoms with Crippen molar-refractivity contribution in [1.29, 1.82) is 0 Å². The highest BCUT2D eigenvalue weighted by atomic mass is 32.2. The first-order valence-electron chi connectivity index (χ1n) is 7.77. The van der Waals surface area contributed by atoms with Crippen LogP contribution in [0.25, 0.3) is 0 Å². The van der Waals surface area contributed by atoms with Gasteiger partial charge >= 0.3 is 5.97 Å². The minimum Gasteiger partial charge on any atom is -0.481 e. The van der Waals surface area contributed by atoms with Crippen LogP contribution in [-0.4, -0.2) is 31.6 Å². The van der Waals surface area contributed by atoms with Crippen molar-refractivity contribution in [3.8, 4) is 0 Å². The van der Waals surface area contributed by atoms with E-state index in [9.17, 15) is 4.79 Å². The van der Waals surface area contributed by atoms with Gasteiger partial charge in [-0.05, 0) is 25.2 Å². The molecular weight excluding hydrogens is 286 g/mol. The van der Waals surface area contributed by atoms with Gasteiger partial charge in [-0.2, -0.15) is 0 Å². The fourth-order valence-electron chi connectivity index (χ4n) is 3.23. The standard InChI is InChI=1S/C15H25N3O2S/c1-4-15(7-5-6-8-15)13-16-17-14(21-10-12(19)20)18(13)9-11(2)3/h11H,4-10H2,1-3H3,(H,19,20). The monoisotopic (exact) mass is 311 g/mol. The van der Waals surface area contributed by atoms with Crippen molar-refractivity contribution in [3.63, 3.8) is 0 Å². The van der Waals surface area contributed by atoms with Gasteiger partial charge in [0.15, 0.2) is 5.16 Å². The van der Waals surface area contributed by atoms with E-state index in [0.29, 0.717) is 5.92 Å².